The lowest BCUT2D eigenvalue weighted by atomic mass is 10.2. The largest absolute Gasteiger partial charge is 0.492 e. The highest BCUT2D eigenvalue weighted by Crippen LogP contribution is 2.22. The molecule has 0 atom stereocenters. The molecule has 1 amide bonds. The Morgan fingerprint density at radius 3 is 3.00 bits per heavy atom. The first-order valence-electron chi connectivity index (χ1n) is 4.70. The van der Waals surface area contributed by atoms with E-state index in [1.807, 2.05) is 6.07 Å². The third kappa shape index (κ3) is 3.55. The van der Waals surface area contributed by atoms with Gasteiger partial charge in [-0.15, -0.1) is 0 Å². The number of nitrogens with one attached hydrogen (secondary N) is 1. The van der Waals surface area contributed by atoms with Crippen molar-refractivity contribution in [1.82, 2.24) is 5.32 Å². The minimum absolute atomic E-state index is 0.0874. The average Bonchev–Trinajstić information content (AvgIpc) is 2.30. The predicted octanol–water partition coefficient (Wildman–Crippen LogP) is 1.84. The van der Waals surface area contributed by atoms with E-state index in [1.165, 1.54) is 0 Å². The van der Waals surface area contributed by atoms with E-state index in [1.54, 1.807) is 25.2 Å². The zero-order chi connectivity index (χ0) is 12.0. The van der Waals surface area contributed by atoms with Crippen LogP contribution in [0.15, 0.2) is 22.7 Å². The van der Waals surface area contributed by atoms with Crippen molar-refractivity contribution in [3.05, 3.63) is 28.2 Å². The monoisotopic (exact) mass is 282 g/mol. The molecular formula is C11H11BrN2O2. The van der Waals surface area contributed by atoms with Gasteiger partial charge >= 0.3 is 0 Å². The number of carbonyl (C=O) groups excluding carboxylic acids is 1. The van der Waals surface area contributed by atoms with E-state index < -0.39 is 0 Å². The summed E-state index contributed by atoms with van der Waals surface area (Å²) in [6.45, 7) is 0.260. The van der Waals surface area contributed by atoms with E-state index >= 15 is 0 Å². The van der Waals surface area contributed by atoms with Gasteiger partial charge in [0.05, 0.1) is 18.6 Å². The van der Waals surface area contributed by atoms with Gasteiger partial charge in [0.1, 0.15) is 11.8 Å². The van der Waals surface area contributed by atoms with E-state index in [2.05, 4.69) is 21.2 Å². The molecule has 0 aliphatic carbocycles. The van der Waals surface area contributed by atoms with Crippen molar-refractivity contribution in [1.29, 1.82) is 5.26 Å². The van der Waals surface area contributed by atoms with Gasteiger partial charge in [-0.1, -0.05) is 15.9 Å². The van der Waals surface area contributed by atoms with Gasteiger partial charge < -0.3 is 10.1 Å². The van der Waals surface area contributed by atoms with Crippen LogP contribution in [-0.2, 0) is 4.79 Å². The van der Waals surface area contributed by atoms with Crippen LogP contribution >= 0.6 is 15.9 Å². The first-order valence-corrected chi connectivity index (χ1v) is 5.49. The quantitative estimate of drug-likeness (QED) is 0.917. The Hall–Kier alpha value is -1.54. The molecule has 84 valence electrons. The Balaban J connectivity index is 2.61. The highest BCUT2D eigenvalue weighted by Gasteiger charge is 2.05. The predicted molar refractivity (Wildman–Crippen MR) is 63.0 cm³/mol. The third-order valence-corrected chi connectivity index (χ3v) is 2.42. The summed E-state index contributed by atoms with van der Waals surface area (Å²) in [4.78, 5) is 10.9. The summed E-state index contributed by atoms with van der Waals surface area (Å²) in [5, 5.41) is 11.4. The number of ether oxygens (including phenoxy) is 1. The van der Waals surface area contributed by atoms with Crippen molar-refractivity contribution in [3.63, 3.8) is 0 Å². The van der Waals surface area contributed by atoms with Crippen LogP contribution in [0.4, 0.5) is 0 Å². The van der Waals surface area contributed by atoms with E-state index in [0.717, 1.165) is 4.47 Å². The van der Waals surface area contributed by atoms with E-state index in [0.29, 0.717) is 11.3 Å². The summed E-state index contributed by atoms with van der Waals surface area (Å²) in [6, 6.07) is 7.20. The SMILES string of the molecule is CNC(=O)CCOc1ccc(Br)cc1C#N. The molecule has 0 saturated carbocycles. The topological polar surface area (TPSA) is 62.1 Å². The zero-order valence-corrected chi connectivity index (χ0v) is 10.4. The molecule has 0 radical (unpaired) electrons. The van der Waals surface area contributed by atoms with Gasteiger partial charge in [0, 0.05) is 11.5 Å². The standard InChI is InChI=1S/C11H11BrN2O2/c1-14-11(15)4-5-16-10-3-2-9(12)6-8(10)7-13/h2-3,6H,4-5H2,1H3,(H,14,15). The second-order valence-electron chi connectivity index (χ2n) is 3.02. The molecule has 0 bridgehead atoms. The van der Waals surface area contributed by atoms with Gasteiger partial charge in [-0.25, -0.2) is 0 Å². The van der Waals surface area contributed by atoms with Crippen molar-refractivity contribution in [3.8, 4) is 11.8 Å². The van der Waals surface area contributed by atoms with Gasteiger partial charge in [-0.05, 0) is 18.2 Å². The van der Waals surface area contributed by atoms with E-state index in [9.17, 15) is 4.79 Å². The minimum Gasteiger partial charge on any atom is -0.492 e. The van der Waals surface area contributed by atoms with Crippen LogP contribution in [-0.4, -0.2) is 19.6 Å². The first-order chi connectivity index (χ1) is 7.67. The van der Waals surface area contributed by atoms with Crippen molar-refractivity contribution in [2.45, 2.75) is 6.42 Å². The first kappa shape index (κ1) is 12.5. The molecule has 16 heavy (non-hydrogen) atoms. The second kappa shape index (κ2) is 6.13. The molecule has 0 spiro atoms. The van der Waals surface area contributed by atoms with Crippen molar-refractivity contribution in [2.24, 2.45) is 0 Å². The number of hydrogen-bond acceptors (Lipinski definition) is 3. The number of nitrogens with zero attached hydrogens (tertiary/aromatic N) is 1. The summed E-state index contributed by atoms with van der Waals surface area (Å²) >= 11 is 3.27. The molecule has 0 aliphatic heterocycles. The summed E-state index contributed by atoms with van der Waals surface area (Å²) in [5.74, 6) is 0.408. The van der Waals surface area contributed by atoms with Gasteiger partial charge in [0.2, 0.25) is 5.91 Å². The Morgan fingerprint density at radius 2 is 2.38 bits per heavy atom. The molecule has 1 rings (SSSR count). The molecule has 0 heterocycles. The van der Waals surface area contributed by atoms with Gasteiger partial charge in [0.15, 0.2) is 0 Å². The number of carbonyl (C=O) groups is 1. The number of nitriles is 1. The fraction of sp³-hybridized carbons (Fsp3) is 0.273. The molecule has 5 heteroatoms. The van der Waals surface area contributed by atoms with Crippen LogP contribution in [0.2, 0.25) is 0 Å². The zero-order valence-electron chi connectivity index (χ0n) is 8.79. The minimum atomic E-state index is -0.0874. The number of hydrogen-bond donors (Lipinski definition) is 1. The lowest BCUT2D eigenvalue weighted by Gasteiger charge is -2.07. The van der Waals surface area contributed by atoms with Crippen LogP contribution in [0.1, 0.15) is 12.0 Å². The van der Waals surface area contributed by atoms with Crippen LogP contribution in [0.25, 0.3) is 0 Å². The van der Waals surface area contributed by atoms with Crippen molar-refractivity contribution >= 4 is 21.8 Å². The number of rotatable bonds is 4. The van der Waals surface area contributed by atoms with Crippen molar-refractivity contribution in [2.75, 3.05) is 13.7 Å². The summed E-state index contributed by atoms with van der Waals surface area (Å²) in [6.07, 6.45) is 0.275. The molecule has 1 N–H and O–H groups in total. The highest BCUT2D eigenvalue weighted by atomic mass is 79.9. The average molecular weight is 283 g/mol. The lowest BCUT2D eigenvalue weighted by Crippen LogP contribution is -2.20. The summed E-state index contributed by atoms with van der Waals surface area (Å²) in [7, 11) is 1.57. The highest BCUT2D eigenvalue weighted by molar-refractivity contribution is 9.10. The molecule has 0 aliphatic rings. The third-order valence-electron chi connectivity index (χ3n) is 1.93. The van der Waals surface area contributed by atoms with Crippen molar-refractivity contribution < 1.29 is 9.53 Å². The Kier molecular flexibility index (Phi) is 4.80. The van der Waals surface area contributed by atoms with Crippen LogP contribution in [0, 0.1) is 11.3 Å². The molecule has 1 aromatic carbocycles. The summed E-state index contributed by atoms with van der Waals surface area (Å²) < 4.78 is 6.17. The second-order valence-corrected chi connectivity index (χ2v) is 3.94. The Labute approximate surface area is 102 Å². The number of amides is 1. The van der Waals surface area contributed by atoms with Crippen LogP contribution < -0.4 is 10.1 Å². The molecule has 0 fully saturated rings. The van der Waals surface area contributed by atoms with Gasteiger partial charge in [0.25, 0.3) is 0 Å². The van der Waals surface area contributed by atoms with Crippen LogP contribution in [0.3, 0.4) is 0 Å². The molecule has 0 aromatic heterocycles. The number of benzene rings is 1. The maximum atomic E-state index is 10.9. The van der Waals surface area contributed by atoms with Gasteiger partial charge in [-0.2, -0.15) is 5.26 Å². The Morgan fingerprint density at radius 1 is 1.62 bits per heavy atom. The van der Waals surface area contributed by atoms with Gasteiger partial charge in [-0.3, -0.25) is 4.79 Å². The Bertz CT molecular complexity index is 426. The number of halogens is 1. The van der Waals surface area contributed by atoms with Crippen LogP contribution in [0.5, 0.6) is 5.75 Å². The maximum Gasteiger partial charge on any atom is 0.223 e. The fourth-order valence-corrected chi connectivity index (χ4v) is 1.46. The normalized spacial score (nSPS) is 9.31. The molecule has 0 saturated heterocycles. The summed E-state index contributed by atoms with van der Waals surface area (Å²) in [5.41, 5.74) is 0.450. The van der Waals surface area contributed by atoms with E-state index in [4.69, 9.17) is 10.00 Å². The molecule has 0 unspecified atom stereocenters. The smallest absolute Gasteiger partial charge is 0.223 e. The lowest BCUT2D eigenvalue weighted by molar-refractivity contribution is -0.121. The molecule has 4 nitrogen and oxygen atoms in total. The molecular weight excluding hydrogens is 272 g/mol. The maximum absolute atomic E-state index is 10.9. The molecule has 1 aromatic rings. The van der Waals surface area contributed by atoms with E-state index in [-0.39, 0.29) is 18.9 Å². The fourth-order valence-electron chi connectivity index (χ4n) is 1.09.